The van der Waals surface area contributed by atoms with Crippen molar-refractivity contribution in [3.63, 3.8) is 0 Å². The van der Waals surface area contributed by atoms with Crippen LogP contribution in [-0.4, -0.2) is 37.9 Å². The summed E-state index contributed by atoms with van der Waals surface area (Å²) in [5.41, 5.74) is 0. The van der Waals surface area contributed by atoms with Crippen LogP contribution in [0.4, 0.5) is 0 Å². The van der Waals surface area contributed by atoms with E-state index in [0.29, 0.717) is 26.1 Å². The maximum absolute atomic E-state index is 12.9. The molecule has 0 amide bonds. The quantitative estimate of drug-likeness (QED) is 0.0345. The van der Waals surface area contributed by atoms with E-state index >= 15 is 0 Å². The molecule has 0 fully saturated rings. The molecule has 1 atom stereocenters. The van der Waals surface area contributed by atoms with Crippen molar-refractivity contribution < 1.29 is 23.8 Å². The van der Waals surface area contributed by atoms with E-state index in [1.54, 1.807) is 0 Å². The number of unbranched alkanes of at least 4 members (excludes halogenated alkanes) is 43. The monoisotopic (exact) mass is 957 g/mol. The minimum absolute atomic E-state index is 0.0882. The molecule has 0 saturated heterocycles. The minimum atomic E-state index is -0.537. The number of hydrogen-bond donors (Lipinski definition) is 0. The second-order valence-electron chi connectivity index (χ2n) is 21.0. The molecule has 0 radical (unpaired) electrons. The summed E-state index contributed by atoms with van der Waals surface area (Å²) >= 11 is 0. The van der Waals surface area contributed by atoms with Gasteiger partial charge in [-0.3, -0.25) is 9.59 Å². The van der Waals surface area contributed by atoms with Gasteiger partial charge >= 0.3 is 11.9 Å². The van der Waals surface area contributed by atoms with Gasteiger partial charge in [0, 0.05) is 19.4 Å². The molecule has 0 aliphatic carbocycles. The van der Waals surface area contributed by atoms with Crippen LogP contribution in [0.2, 0.25) is 0 Å². The zero-order chi connectivity index (χ0) is 49.2. The van der Waals surface area contributed by atoms with Crippen molar-refractivity contribution in [1.29, 1.82) is 0 Å². The van der Waals surface area contributed by atoms with Crippen LogP contribution in [0, 0.1) is 0 Å². The highest BCUT2D eigenvalue weighted by molar-refractivity contribution is 5.70. The molecule has 5 heteroatoms. The molecule has 0 aromatic carbocycles. The topological polar surface area (TPSA) is 61.8 Å². The lowest BCUT2D eigenvalue weighted by atomic mass is 10.0. The molecule has 0 saturated carbocycles. The first-order chi connectivity index (χ1) is 33.6. The summed E-state index contributed by atoms with van der Waals surface area (Å²) in [4.78, 5) is 25.5. The second-order valence-corrected chi connectivity index (χ2v) is 21.0. The van der Waals surface area contributed by atoms with Gasteiger partial charge in [0.2, 0.25) is 0 Å². The molecule has 0 aliphatic heterocycles. The molecule has 5 nitrogen and oxygen atoms in total. The van der Waals surface area contributed by atoms with Crippen molar-refractivity contribution in [2.24, 2.45) is 0 Å². The fourth-order valence-electron chi connectivity index (χ4n) is 9.38. The molecule has 0 aromatic rings. The zero-order valence-electron chi connectivity index (χ0n) is 46.4. The summed E-state index contributed by atoms with van der Waals surface area (Å²) in [6, 6.07) is 0. The molecule has 0 heterocycles. The average molecular weight is 958 g/mol. The predicted octanol–water partition coefficient (Wildman–Crippen LogP) is 21.1. The minimum Gasteiger partial charge on any atom is -0.462 e. The van der Waals surface area contributed by atoms with Crippen molar-refractivity contribution in [1.82, 2.24) is 0 Å². The fourth-order valence-corrected chi connectivity index (χ4v) is 9.38. The third kappa shape index (κ3) is 57.0. The first-order valence-corrected chi connectivity index (χ1v) is 30.9. The number of carbonyl (C=O) groups is 2. The van der Waals surface area contributed by atoms with Gasteiger partial charge in [-0.2, -0.15) is 0 Å². The summed E-state index contributed by atoms with van der Waals surface area (Å²) in [7, 11) is 0. The van der Waals surface area contributed by atoms with E-state index in [2.05, 4.69) is 45.1 Å². The standard InChI is InChI=1S/C63H120O5/c1-4-7-10-13-16-19-22-25-27-29-31-33-35-37-40-43-46-49-52-55-58-66-59-61(68-63(65)57-54-51-48-45-42-38-24-21-18-15-12-9-6-3)60-67-62(64)56-53-50-47-44-41-39-36-34-32-30-28-26-23-20-17-14-11-8-5-2/h12,15,21,24,61H,4-11,13-14,16-20,22-23,25-60H2,1-3H3/b15-12-,24-21-. The molecule has 0 spiro atoms. The van der Waals surface area contributed by atoms with E-state index in [-0.39, 0.29) is 18.5 Å². The van der Waals surface area contributed by atoms with Crippen molar-refractivity contribution >= 4 is 11.9 Å². The predicted molar refractivity (Wildman–Crippen MR) is 298 cm³/mol. The summed E-state index contributed by atoms with van der Waals surface area (Å²) < 4.78 is 17.5. The van der Waals surface area contributed by atoms with Crippen LogP contribution < -0.4 is 0 Å². The molecule has 0 rings (SSSR count). The number of esters is 2. The van der Waals surface area contributed by atoms with Gasteiger partial charge < -0.3 is 14.2 Å². The number of carbonyl (C=O) groups excluding carboxylic acids is 2. The zero-order valence-corrected chi connectivity index (χ0v) is 46.4. The Morgan fingerprint density at radius 2 is 0.647 bits per heavy atom. The summed E-state index contributed by atoms with van der Waals surface area (Å²) in [6.07, 6.45) is 72.2. The van der Waals surface area contributed by atoms with Crippen molar-refractivity contribution in [3.05, 3.63) is 24.3 Å². The molecule has 402 valence electrons. The molecule has 0 N–H and O–H groups in total. The molecular weight excluding hydrogens is 837 g/mol. The van der Waals surface area contributed by atoms with E-state index in [0.717, 1.165) is 51.4 Å². The van der Waals surface area contributed by atoms with E-state index in [9.17, 15) is 9.59 Å². The smallest absolute Gasteiger partial charge is 0.306 e. The average Bonchev–Trinajstić information content (AvgIpc) is 3.34. The maximum Gasteiger partial charge on any atom is 0.306 e. The molecule has 0 aliphatic rings. The first-order valence-electron chi connectivity index (χ1n) is 30.9. The third-order valence-electron chi connectivity index (χ3n) is 14.0. The van der Waals surface area contributed by atoms with Crippen LogP contribution in [0.1, 0.15) is 342 Å². The van der Waals surface area contributed by atoms with Crippen molar-refractivity contribution in [2.45, 2.75) is 348 Å². The van der Waals surface area contributed by atoms with Gasteiger partial charge in [-0.25, -0.2) is 0 Å². The highest BCUT2D eigenvalue weighted by Crippen LogP contribution is 2.18. The Balaban J connectivity index is 4.16. The van der Waals surface area contributed by atoms with Crippen molar-refractivity contribution in [3.8, 4) is 0 Å². The lowest BCUT2D eigenvalue weighted by Crippen LogP contribution is -2.30. The number of hydrogen-bond acceptors (Lipinski definition) is 5. The van der Waals surface area contributed by atoms with Crippen molar-refractivity contribution in [2.75, 3.05) is 19.8 Å². The SMILES string of the molecule is CCC/C=C\C/C=C\CCCCCCCC(=O)OC(COCCCCCCCCCCCCCCCCCCCCCC)COC(=O)CCCCCCCCCCCCCCCCCCCCC. The van der Waals surface area contributed by atoms with Gasteiger partial charge in [0.25, 0.3) is 0 Å². The van der Waals surface area contributed by atoms with E-state index in [1.165, 1.54) is 257 Å². The molecule has 0 bridgehead atoms. The molecule has 68 heavy (non-hydrogen) atoms. The number of allylic oxidation sites excluding steroid dienone is 4. The van der Waals surface area contributed by atoms with Gasteiger partial charge in [-0.15, -0.1) is 0 Å². The van der Waals surface area contributed by atoms with Gasteiger partial charge in [0.1, 0.15) is 6.61 Å². The van der Waals surface area contributed by atoms with Gasteiger partial charge in [-0.05, 0) is 44.9 Å². The Hall–Kier alpha value is -1.62. The van der Waals surface area contributed by atoms with Crippen LogP contribution in [0.15, 0.2) is 24.3 Å². The Labute approximate surface area is 426 Å². The van der Waals surface area contributed by atoms with Crippen LogP contribution in [-0.2, 0) is 23.8 Å². The summed E-state index contributed by atoms with van der Waals surface area (Å²) in [5, 5.41) is 0. The second kappa shape index (κ2) is 59.7. The van der Waals surface area contributed by atoms with Gasteiger partial charge in [0.15, 0.2) is 6.10 Å². The molecular formula is C63H120O5. The highest BCUT2D eigenvalue weighted by atomic mass is 16.6. The number of ether oxygens (including phenoxy) is 3. The molecule has 0 aromatic heterocycles. The maximum atomic E-state index is 12.9. The fraction of sp³-hybridized carbons (Fsp3) is 0.905. The summed E-state index contributed by atoms with van der Waals surface area (Å²) in [6.45, 7) is 7.84. The van der Waals surface area contributed by atoms with Crippen LogP contribution >= 0.6 is 0 Å². The van der Waals surface area contributed by atoms with Crippen LogP contribution in [0.5, 0.6) is 0 Å². The number of rotatable bonds is 58. The normalized spacial score (nSPS) is 12.2. The van der Waals surface area contributed by atoms with Gasteiger partial charge in [0.05, 0.1) is 6.61 Å². The van der Waals surface area contributed by atoms with E-state index in [1.807, 2.05) is 0 Å². The lowest BCUT2D eigenvalue weighted by Gasteiger charge is -2.18. The summed E-state index contributed by atoms with van der Waals surface area (Å²) in [5.74, 6) is -0.388. The largest absolute Gasteiger partial charge is 0.462 e. The van der Waals surface area contributed by atoms with Gasteiger partial charge in [-0.1, -0.05) is 308 Å². The van der Waals surface area contributed by atoms with Crippen LogP contribution in [0.25, 0.3) is 0 Å². The third-order valence-corrected chi connectivity index (χ3v) is 14.0. The van der Waals surface area contributed by atoms with E-state index < -0.39 is 6.10 Å². The van der Waals surface area contributed by atoms with Crippen LogP contribution in [0.3, 0.4) is 0 Å². The molecule has 1 unspecified atom stereocenters. The first kappa shape index (κ1) is 66.4. The lowest BCUT2D eigenvalue weighted by molar-refractivity contribution is -0.163. The van der Waals surface area contributed by atoms with E-state index in [4.69, 9.17) is 14.2 Å². The Morgan fingerprint density at radius 3 is 1.03 bits per heavy atom. The Morgan fingerprint density at radius 1 is 0.324 bits per heavy atom. The Bertz CT molecular complexity index is 1040. The highest BCUT2D eigenvalue weighted by Gasteiger charge is 2.18. The Kier molecular flexibility index (Phi) is 58.3.